The lowest BCUT2D eigenvalue weighted by atomic mass is 10.1. The van der Waals surface area contributed by atoms with Gasteiger partial charge in [0.25, 0.3) is 0 Å². The van der Waals surface area contributed by atoms with Crippen LogP contribution in [-0.4, -0.2) is 9.97 Å². The van der Waals surface area contributed by atoms with Crippen LogP contribution in [0.5, 0.6) is 0 Å². The number of anilines is 2. The van der Waals surface area contributed by atoms with Crippen LogP contribution in [0.2, 0.25) is 0 Å². The molecule has 0 spiro atoms. The molecule has 4 nitrogen and oxygen atoms in total. The number of rotatable bonds is 7. The summed E-state index contributed by atoms with van der Waals surface area (Å²) in [7, 11) is 0. The fourth-order valence-electron chi connectivity index (χ4n) is 2.61. The summed E-state index contributed by atoms with van der Waals surface area (Å²) in [5.74, 6) is 0. The van der Waals surface area contributed by atoms with Crippen molar-refractivity contribution in [3.63, 3.8) is 0 Å². The molecule has 2 aromatic carbocycles. The monoisotopic (exact) mass is 464 g/mol. The van der Waals surface area contributed by atoms with Crippen LogP contribution in [0, 0.1) is 6.92 Å². The first kappa shape index (κ1) is 23.2. The van der Waals surface area contributed by atoms with Gasteiger partial charge in [-0.05, 0) is 18.1 Å². The van der Waals surface area contributed by atoms with Crippen LogP contribution in [0.25, 0.3) is 10.4 Å². The molecule has 0 aliphatic carbocycles. The topological polar surface area (TPSA) is 49.8 Å². The van der Waals surface area contributed by atoms with Crippen molar-refractivity contribution in [2.75, 3.05) is 10.6 Å². The zero-order chi connectivity index (χ0) is 18.5. The number of aromatic nitrogens is 2. The molecular formula is C21H22Cl2N4S2. The Balaban J connectivity index is 0.00000150. The average molecular weight is 465 g/mol. The van der Waals surface area contributed by atoms with Gasteiger partial charge in [0.2, 0.25) is 0 Å². The third kappa shape index (κ3) is 6.44. The Kier molecular flexibility index (Phi) is 8.92. The Labute approximate surface area is 191 Å². The summed E-state index contributed by atoms with van der Waals surface area (Å²) >= 11 is 3.34. The highest BCUT2D eigenvalue weighted by Crippen LogP contribution is 2.29. The number of nitrogens with zero attached hydrogens (tertiary/aromatic N) is 2. The second-order valence-electron chi connectivity index (χ2n) is 6.22. The van der Waals surface area contributed by atoms with Crippen molar-refractivity contribution in [1.82, 2.24) is 9.97 Å². The molecule has 0 radical (unpaired) electrons. The summed E-state index contributed by atoms with van der Waals surface area (Å²) in [6, 6.07) is 18.9. The highest BCUT2D eigenvalue weighted by molar-refractivity contribution is 7.19. The van der Waals surface area contributed by atoms with Crippen LogP contribution in [0.4, 0.5) is 10.3 Å². The van der Waals surface area contributed by atoms with Gasteiger partial charge in [0, 0.05) is 23.8 Å². The maximum atomic E-state index is 4.49. The summed E-state index contributed by atoms with van der Waals surface area (Å²) in [5.41, 5.74) is 3.72. The number of halogens is 2. The summed E-state index contributed by atoms with van der Waals surface area (Å²) < 4.78 is 0. The van der Waals surface area contributed by atoms with Gasteiger partial charge in [-0.25, -0.2) is 9.97 Å². The smallest absolute Gasteiger partial charge is 0.183 e. The van der Waals surface area contributed by atoms with Crippen LogP contribution in [0.1, 0.15) is 16.0 Å². The molecule has 8 heteroatoms. The van der Waals surface area contributed by atoms with Gasteiger partial charge in [0.05, 0.1) is 11.4 Å². The second kappa shape index (κ2) is 11.2. The minimum atomic E-state index is 0. The van der Waals surface area contributed by atoms with Crippen molar-refractivity contribution >= 4 is 57.8 Å². The van der Waals surface area contributed by atoms with Crippen molar-refractivity contribution in [2.24, 2.45) is 0 Å². The van der Waals surface area contributed by atoms with E-state index in [-0.39, 0.29) is 24.8 Å². The van der Waals surface area contributed by atoms with E-state index < -0.39 is 0 Å². The lowest BCUT2D eigenvalue weighted by molar-refractivity contribution is 1.13. The van der Waals surface area contributed by atoms with Gasteiger partial charge in [-0.3, -0.25) is 0 Å². The first-order chi connectivity index (χ1) is 13.3. The summed E-state index contributed by atoms with van der Waals surface area (Å²) in [5, 5.41) is 8.64. The molecule has 0 unspecified atom stereocenters. The molecule has 4 rings (SSSR count). The number of nitrogens with one attached hydrogen (secondary N) is 2. The number of thiazole rings is 2. The van der Waals surface area contributed by atoms with Gasteiger partial charge in [-0.1, -0.05) is 71.5 Å². The molecule has 4 aromatic rings. The van der Waals surface area contributed by atoms with E-state index in [4.69, 9.17) is 0 Å². The van der Waals surface area contributed by atoms with Gasteiger partial charge < -0.3 is 10.6 Å². The molecule has 0 fully saturated rings. The highest BCUT2D eigenvalue weighted by atomic mass is 35.5. The molecule has 0 amide bonds. The molecule has 152 valence electrons. The zero-order valence-electron chi connectivity index (χ0n) is 15.8. The quantitative estimate of drug-likeness (QED) is 0.321. The third-order valence-electron chi connectivity index (χ3n) is 4.10. The molecule has 0 aliphatic rings. The predicted molar refractivity (Wildman–Crippen MR) is 130 cm³/mol. The molecule has 0 atom stereocenters. The van der Waals surface area contributed by atoms with E-state index in [0.717, 1.165) is 23.4 Å². The molecule has 0 bridgehead atoms. The zero-order valence-corrected chi connectivity index (χ0v) is 19.1. The maximum absolute atomic E-state index is 4.49. The number of hydrogen-bond acceptors (Lipinski definition) is 6. The first-order valence-corrected chi connectivity index (χ1v) is 10.4. The van der Waals surface area contributed by atoms with E-state index in [9.17, 15) is 0 Å². The Morgan fingerprint density at radius 2 is 1.41 bits per heavy atom. The first-order valence-electron chi connectivity index (χ1n) is 8.75. The molecular weight excluding hydrogens is 443 g/mol. The van der Waals surface area contributed by atoms with Gasteiger partial charge in [0.1, 0.15) is 0 Å². The number of benzene rings is 2. The third-order valence-corrected chi connectivity index (χ3v) is 6.05. The lowest BCUT2D eigenvalue weighted by Gasteiger charge is -2.02. The van der Waals surface area contributed by atoms with E-state index in [1.807, 2.05) is 30.6 Å². The van der Waals surface area contributed by atoms with Crippen LogP contribution >= 0.6 is 47.5 Å². The standard InChI is InChI=1S/C21H20N4S2.2ClH/c1-15-7-9-17(10-8-15)19-14-25-21(27-19)24-13-18-12-23-20(26-18)22-11-16-5-3-2-4-6-16;;/h2-10,12,14H,11,13H2,1H3,(H,22,23)(H,24,25);2*1H. The van der Waals surface area contributed by atoms with Crippen molar-refractivity contribution in [3.05, 3.63) is 83.0 Å². The van der Waals surface area contributed by atoms with Crippen LogP contribution in [-0.2, 0) is 13.1 Å². The van der Waals surface area contributed by atoms with Crippen molar-refractivity contribution in [2.45, 2.75) is 20.0 Å². The summed E-state index contributed by atoms with van der Waals surface area (Å²) in [4.78, 5) is 11.3. The summed E-state index contributed by atoms with van der Waals surface area (Å²) in [6.07, 6.45) is 3.84. The normalized spacial score (nSPS) is 9.97. The largest absolute Gasteiger partial charge is 0.357 e. The van der Waals surface area contributed by atoms with E-state index in [1.54, 1.807) is 22.7 Å². The van der Waals surface area contributed by atoms with Crippen LogP contribution in [0.3, 0.4) is 0 Å². The molecule has 29 heavy (non-hydrogen) atoms. The minimum absolute atomic E-state index is 0. The highest BCUT2D eigenvalue weighted by Gasteiger charge is 2.06. The average Bonchev–Trinajstić information content (AvgIpc) is 3.36. The Bertz CT molecular complexity index is 1000. The van der Waals surface area contributed by atoms with E-state index in [2.05, 4.69) is 63.9 Å². The molecule has 0 aliphatic heterocycles. The Morgan fingerprint density at radius 1 is 0.759 bits per heavy atom. The van der Waals surface area contributed by atoms with Crippen molar-refractivity contribution in [1.29, 1.82) is 0 Å². The van der Waals surface area contributed by atoms with Crippen molar-refractivity contribution < 1.29 is 0 Å². The van der Waals surface area contributed by atoms with Crippen LogP contribution < -0.4 is 10.6 Å². The Hall–Kier alpha value is -2.12. The fourth-order valence-corrected chi connectivity index (χ4v) is 4.18. The predicted octanol–water partition coefficient (Wildman–Crippen LogP) is 6.64. The van der Waals surface area contributed by atoms with Gasteiger partial charge >= 0.3 is 0 Å². The lowest BCUT2D eigenvalue weighted by Crippen LogP contribution is -1.98. The van der Waals surface area contributed by atoms with Gasteiger partial charge in [-0.15, -0.1) is 36.2 Å². The van der Waals surface area contributed by atoms with Crippen molar-refractivity contribution in [3.8, 4) is 10.4 Å². The van der Waals surface area contributed by atoms with Gasteiger partial charge in [0.15, 0.2) is 10.3 Å². The molecule has 2 aromatic heterocycles. The van der Waals surface area contributed by atoms with E-state index in [0.29, 0.717) is 0 Å². The molecule has 2 heterocycles. The second-order valence-corrected chi connectivity index (χ2v) is 8.37. The maximum Gasteiger partial charge on any atom is 0.183 e. The number of hydrogen-bond donors (Lipinski definition) is 2. The minimum Gasteiger partial charge on any atom is -0.357 e. The molecule has 0 saturated heterocycles. The SMILES string of the molecule is Cc1ccc(-c2cnc(NCc3cnc(NCc4ccccc4)s3)s2)cc1.Cl.Cl. The molecule has 2 N–H and O–H groups in total. The van der Waals surface area contributed by atoms with E-state index >= 15 is 0 Å². The molecule has 0 saturated carbocycles. The number of aryl methyl sites for hydroxylation is 1. The van der Waals surface area contributed by atoms with Crippen LogP contribution in [0.15, 0.2) is 67.0 Å². The van der Waals surface area contributed by atoms with E-state index in [1.165, 1.54) is 26.4 Å². The Morgan fingerprint density at radius 3 is 2.17 bits per heavy atom. The summed E-state index contributed by atoms with van der Waals surface area (Å²) in [6.45, 7) is 3.61. The van der Waals surface area contributed by atoms with Gasteiger partial charge in [-0.2, -0.15) is 0 Å². The fraction of sp³-hybridized carbons (Fsp3) is 0.143.